The number of methoxy groups -OCH3 is 1. The van der Waals surface area contributed by atoms with Gasteiger partial charge in [0.15, 0.2) is 11.5 Å². The summed E-state index contributed by atoms with van der Waals surface area (Å²) in [5, 5.41) is 4.89. The van der Waals surface area contributed by atoms with Gasteiger partial charge in [-0.2, -0.15) is 0 Å². The number of hydrogen-bond donors (Lipinski definition) is 1. The number of para-hydroxylation sites is 1. The number of ether oxygens (including phenoxy) is 2. The van der Waals surface area contributed by atoms with E-state index < -0.39 is 0 Å². The van der Waals surface area contributed by atoms with Gasteiger partial charge in [-0.25, -0.2) is 0 Å². The molecule has 0 fully saturated rings. The zero-order valence-corrected chi connectivity index (χ0v) is 18.1. The summed E-state index contributed by atoms with van der Waals surface area (Å²) in [6, 6.07) is 14.9. The van der Waals surface area contributed by atoms with Crippen LogP contribution in [-0.2, 0) is 6.42 Å². The number of fused-ring (bicyclic) bond motifs is 2. The predicted octanol–water partition coefficient (Wildman–Crippen LogP) is 4.20. The third-order valence-corrected chi connectivity index (χ3v) is 6.03. The fraction of sp³-hybridized carbons (Fsp3) is 0.400. The number of hydrogen-bond acceptors (Lipinski definition) is 5. The topological polar surface area (TPSA) is 46.6 Å². The summed E-state index contributed by atoms with van der Waals surface area (Å²) in [6.45, 7) is 8.90. The summed E-state index contributed by atoms with van der Waals surface area (Å²) in [4.78, 5) is 6.89. The molecule has 0 spiro atoms. The molecule has 1 aliphatic rings. The monoisotopic (exact) mass is 405 g/mol. The Kier molecular flexibility index (Phi) is 6.50. The smallest absolute Gasteiger partial charge is 0.161 e. The van der Waals surface area contributed by atoms with Gasteiger partial charge in [-0.3, -0.25) is 4.98 Å². The molecule has 0 radical (unpaired) electrons. The molecule has 2 heterocycles. The van der Waals surface area contributed by atoms with Crippen molar-refractivity contribution in [1.29, 1.82) is 0 Å². The lowest BCUT2D eigenvalue weighted by molar-refractivity contribution is 0.217. The zero-order valence-electron chi connectivity index (χ0n) is 18.1. The Morgan fingerprint density at radius 2 is 1.90 bits per heavy atom. The van der Waals surface area contributed by atoms with E-state index in [0.717, 1.165) is 49.6 Å². The van der Waals surface area contributed by atoms with Crippen LogP contribution in [0.2, 0.25) is 0 Å². The molecular weight excluding hydrogens is 374 g/mol. The number of likely N-dealkylation sites (N-methyl/N-ethyl adjacent to an activating group) is 1. The minimum atomic E-state index is 0.109. The SMILES string of the molecule is CCN(CC)CCOc1cc2c(cc1OC)CCNC2c1ccnc2ccccc12. The summed E-state index contributed by atoms with van der Waals surface area (Å²) >= 11 is 0. The van der Waals surface area contributed by atoms with Gasteiger partial charge in [-0.05, 0) is 60.5 Å². The van der Waals surface area contributed by atoms with E-state index in [2.05, 4.69) is 65.4 Å². The van der Waals surface area contributed by atoms with Crippen LogP contribution in [0.1, 0.15) is 36.6 Å². The molecule has 1 aliphatic heterocycles. The highest BCUT2D eigenvalue weighted by Gasteiger charge is 2.25. The highest BCUT2D eigenvalue weighted by Crippen LogP contribution is 2.39. The maximum absolute atomic E-state index is 6.19. The number of rotatable bonds is 8. The summed E-state index contributed by atoms with van der Waals surface area (Å²) in [5.74, 6) is 1.63. The Hall–Kier alpha value is -2.63. The van der Waals surface area contributed by atoms with Crippen LogP contribution in [0.5, 0.6) is 11.5 Å². The van der Waals surface area contributed by atoms with Crippen molar-refractivity contribution >= 4 is 10.9 Å². The minimum absolute atomic E-state index is 0.109. The second-order valence-electron chi connectivity index (χ2n) is 7.63. The molecule has 158 valence electrons. The molecule has 30 heavy (non-hydrogen) atoms. The highest BCUT2D eigenvalue weighted by molar-refractivity contribution is 5.83. The first-order valence-electron chi connectivity index (χ1n) is 10.9. The van der Waals surface area contributed by atoms with Crippen LogP contribution >= 0.6 is 0 Å². The average Bonchev–Trinajstić information content (AvgIpc) is 2.80. The molecule has 1 unspecified atom stereocenters. The molecule has 0 aliphatic carbocycles. The Morgan fingerprint density at radius 3 is 2.70 bits per heavy atom. The van der Waals surface area contributed by atoms with Crippen molar-refractivity contribution in [1.82, 2.24) is 15.2 Å². The second kappa shape index (κ2) is 9.45. The van der Waals surface area contributed by atoms with Crippen LogP contribution < -0.4 is 14.8 Å². The fourth-order valence-corrected chi connectivity index (χ4v) is 4.31. The van der Waals surface area contributed by atoms with Crippen LogP contribution in [0.15, 0.2) is 48.7 Å². The number of nitrogens with one attached hydrogen (secondary N) is 1. The first kappa shape index (κ1) is 20.6. The lowest BCUT2D eigenvalue weighted by atomic mass is 9.88. The van der Waals surface area contributed by atoms with Gasteiger partial charge in [0.05, 0.1) is 18.7 Å². The first-order valence-corrected chi connectivity index (χ1v) is 10.9. The van der Waals surface area contributed by atoms with E-state index in [1.165, 1.54) is 22.1 Å². The lowest BCUT2D eigenvalue weighted by Gasteiger charge is -2.29. The van der Waals surface area contributed by atoms with Crippen molar-refractivity contribution in [3.05, 3.63) is 65.4 Å². The molecule has 5 heteroatoms. The molecule has 2 aromatic carbocycles. The molecule has 0 bridgehead atoms. The van der Waals surface area contributed by atoms with Crippen LogP contribution in [-0.4, -0.2) is 49.8 Å². The lowest BCUT2D eigenvalue weighted by Crippen LogP contribution is -2.31. The summed E-state index contributed by atoms with van der Waals surface area (Å²) in [6.07, 6.45) is 2.88. The molecule has 0 saturated carbocycles. The van der Waals surface area contributed by atoms with Crippen molar-refractivity contribution in [2.75, 3.05) is 39.9 Å². The van der Waals surface area contributed by atoms with E-state index in [9.17, 15) is 0 Å². The molecule has 4 rings (SSSR count). The van der Waals surface area contributed by atoms with Crippen molar-refractivity contribution < 1.29 is 9.47 Å². The largest absolute Gasteiger partial charge is 0.493 e. The fourth-order valence-electron chi connectivity index (χ4n) is 4.31. The van der Waals surface area contributed by atoms with Gasteiger partial charge in [0.2, 0.25) is 0 Å². The Bertz CT molecular complexity index is 996. The van der Waals surface area contributed by atoms with Crippen LogP contribution in [0.25, 0.3) is 10.9 Å². The zero-order chi connectivity index (χ0) is 20.9. The van der Waals surface area contributed by atoms with E-state index in [-0.39, 0.29) is 6.04 Å². The maximum Gasteiger partial charge on any atom is 0.161 e. The van der Waals surface area contributed by atoms with Gasteiger partial charge in [0.25, 0.3) is 0 Å². The first-order chi connectivity index (χ1) is 14.7. The quantitative estimate of drug-likeness (QED) is 0.609. The van der Waals surface area contributed by atoms with E-state index in [0.29, 0.717) is 6.61 Å². The molecular formula is C25H31N3O2. The summed E-state index contributed by atoms with van der Waals surface area (Å²) in [5.41, 5.74) is 4.85. The molecule has 1 N–H and O–H groups in total. The second-order valence-corrected chi connectivity index (χ2v) is 7.63. The number of aromatic nitrogens is 1. The van der Waals surface area contributed by atoms with Gasteiger partial charge in [0.1, 0.15) is 6.61 Å². The average molecular weight is 406 g/mol. The number of nitrogens with zero attached hydrogens (tertiary/aromatic N) is 2. The van der Waals surface area contributed by atoms with Crippen molar-refractivity contribution in [2.24, 2.45) is 0 Å². The van der Waals surface area contributed by atoms with Crippen LogP contribution in [0.4, 0.5) is 0 Å². The van der Waals surface area contributed by atoms with Crippen LogP contribution in [0.3, 0.4) is 0 Å². The number of pyridine rings is 1. The van der Waals surface area contributed by atoms with Gasteiger partial charge >= 0.3 is 0 Å². The van der Waals surface area contributed by atoms with Crippen LogP contribution in [0, 0.1) is 0 Å². The third-order valence-electron chi connectivity index (χ3n) is 6.03. The highest BCUT2D eigenvalue weighted by atomic mass is 16.5. The van der Waals surface area contributed by atoms with Crippen molar-refractivity contribution in [3.63, 3.8) is 0 Å². The summed E-state index contributed by atoms with van der Waals surface area (Å²) < 4.78 is 11.9. The number of benzene rings is 2. The standard InChI is InChI=1S/C25H31N3O2/c1-4-28(5-2)14-15-30-24-17-21-18(16-23(24)29-3)10-12-27-25(21)20-11-13-26-22-9-7-6-8-19(20)22/h6-9,11,13,16-17,25,27H,4-5,10,12,14-15H2,1-3H3. The molecule has 0 amide bonds. The van der Waals surface area contributed by atoms with Crippen molar-refractivity contribution in [3.8, 4) is 11.5 Å². The normalized spacial score (nSPS) is 15.9. The van der Waals surface area contributed by atoms with Gasteiger partial charge in [-0.1, -0.05) is 32.0 Å². The van der Waals surface area contributed by atoms with E-state index in [4.69, 9.17) is 9.47 Å². The third kappa shape index (κ3) is 4.13. The molecule has 5 nitrogen and oxygen atoms in total. The maximum atomic E-state index is 6.19. The molecule has 1 atom stereocenters. The predicted molar refractivity (Wildman–Crippen MR) is 122 cm³/mol. The van der Waals surface area contributed by atoms with Gasteiger partial charge in [0, 0.05) is 24.7 Å². The minimum Gasteiger partial charge on any atom is -0.493 e. The van der Waals surface area contributed by atoms with E-state index >= 15 is 0 Å². The van der Waals surface area contributed by atoms with Gasteiger partial charge in [-0.15, -0.1) is 0 Å². The Morgan fingerprint density at radius 1 is 1.07 bits per heavy atom. The molecule has 0 saturated heterocycles. The molecule has 1 aromatic heterocycles. The van der Waals surface area contributed by atoms with Gasteiger partial charge < -0.3 is 19.7 Å². The van der Waals surface area contributed by atoms with E-state index in [1.54, 1.807) is 7.11 Å². The summed E-state index contributed by atoms with van der Waals surface area (Å²) in [7, 11) is 1.72. The Balaban J connectivity index is 1.68. The Labute approximate surface area is 179 Å². The van der Waals surface area contributed by atoms with E-state index in [1.807, 2.05) is 12.3 Å². The molecule has 3 aromatic rings. The van der Waals surface area contributed by atoms with Crippen molar-refractivity contribution in [2.45, 2.75) is 26.3 Å².